The maximum absolute atomic E-state index is 5.29. The molecule has 1 saturated heterocycles. The Morgan fingerprint density at radius 1 is 1.44 bits per heavy atom. The summed E-state index contributed by atoms with van der Waals surface area (Å²) in [6.07, 6.45) is 5.29. The van der Waals surface area contributed by atoms with E-state index in [0.29, 0.717) is 0 Å². The van der Waals surface area contributed by atoms with Gasteiger partial charge in [0.25, 0.3) is 0 Å². The average molecular weight is 312 g/mol. The van der Waals surface area contributed by atoms with Gasteiger partial charge in [-0.15, -0.1) is 0 Å². The number of alkyl halides is 1. The van der Waals surface area contributed by atoms with Gasteiger partial charge in [0.05, 0.1) is 7.11 Å². The molecular formula is C15H22BrNO. The van der Waals surface area contributed by atoms with Gasteiger partial charge in [-0.2, -0.15) is 0 Å². The molecule has 0 radical (unpaired) electrons. The Bertz CT molecular complexity index is 369. The molecule has 1 fully saturated rings. The van der Waals surface area contributed by atoms with Crippen LogP contribution in [0, 0.1) is 0 Å². The molecule has 0 N–H and O–H groups in total. The summed E-state index contributed by atoms with van der Waals surface area (Å²) in [6.45, 7) is 2.30. The van der Waals surface area contributed by atoms with Crippen molar-refractivity contribution in [1.82, 2.24) is 4.90 Å². The predicted octanol–water partition coefficient (Wildman–Crippen LogP) is 3.83. The van der Waals surface area contributed by atoms with Crippen molar-refractivity contribution in [3.63, 3.8) is 0 Å². The Morgan fingerprint density at radius 2 is 2.33 bits per heavy atom. The third-order valence-corrected chi connectivity index (χ3v) is 4.25. The Labute approximate surface area is 118 Å². The number of likely N-dealkylation sites (tertiary alicyclic amines) is 1. The lowest BCUT2D eigenvalue weighted by atomic mass is 10.1. The molecule has 2 rings (SSSR count). The third-order valence-electron chi connectivity index (χ3n) is 3.69. The molecule has 0 saturated carbocycles. The number of methoxy groups -OCH3 is 1. The summed E-state index contributed by atoms with van der Waals surface area (Å²) >= 11 is 3.53. The highest BCUT2D eigenvalue weighted by atomic mass is 79.9. The minimum atomic E-state index is 0.772. The molecule has 2 nitrogen and oxygen atoms in total. The van der Waals surface area contributed by atoms with Crippen LogP contribution in [0.25, 0.3) is 0 Å². The Balaban J connectivity index is 1.94. The summed E-state index contributed by atoms with van der Waals surface area (Å²) < 4.78 is 5.29. The minimum absolute atomic E-state index is 0.772. The molecule has 1 aromatic carbocycles. The second-order valence-corrected chi connectivity index (χ2v) is 5.74. The standard InChI is InChI=1S/C15H22BrNO/c1-18-15-8-2-5-13(11-15)12-17-10-4-7-14(17)6-3-9-16/h2,5,8,11,14H,3-4,6-7,9-10,12H2,1H3. The van der Waals surface area contributed by atoms with Gasteiger partial charge in [-0.05, 0) is 49.9 Å². The summed E-state index contributed by atoms with van der Waals surface area (Å²) in [4.78, 5) is 2.62. The third kappa shape index (κ3) is 3.72. The molecule has 18 heavy (non-hydrogen) atoms. The number of hydrogen-bond donors (Lipinski definition) is 0. The van der Waals surface area contributed by atoms with Crippen molar-refractivity contribution in [2.24, 2.45) is 0 Å². The topological polar surface area (TPSA) is 12.5 Å². The molecule has 1 aromatic rings. The average Bonchev–Trinajstić information content (AvgIpc) is 2.84. The molecule has 1 atom stereocenters. The summed E-state index contributed by atoms with van der Waals surface area (Å²) in [6, 6.07) is 9.21. The zero-order valence-electron chi connectivity index (χ0n) is 11.1. The van der Waals surface area contributed by atoms with Gasteiger partial charge in [-0.3, -0.25) is 4.90 Å². The lowest BCUT2D eigenvalue weighted by Crippen LogP contribution is -2.28. The van der Waals surface area contributed by atoms with Crippen LogP contribution in [-0.2, 0) is 6.54 Å². The van der Waals surface area contributed by atoms with E-state index < -0.39 is 0 Å². The number of rotatable bonds is 6. The van der Waals surface area contributed by atoms with Crippen molar-refractivity contribution >= 4 is 15.9 Å². The number of nitrogens with zero attached hydrogens (tertiary/aromatic N) is 1. The highest BCUT2D eigenvalue weighted by molar-refractivity contribution is 9.09. The molecule has 1 heterocycles. The molecule has 1 unspecified atom stereocenters. The van der Waals surface area contributed by atoms with Crippen LogP contribution in [0.3, 0.4) is 0 Å². The fraction of sp³-hybridized carbons (Fsp3) is 0.600. The molecule has 0 spiro atoms. The molecule has 0 aliphatic carbocycles. The maximum Gasteiger partial charge on any atom is 0.119 e. The van der Waals surface area contributed by atoms with Crippen LogP contribution in [0.1, 0.15) is 31.2 Å². The Kier molecular flexibility index (Phi) is 5.51. The summed E-state index contributed by atoms with van der Waals surface area (Å²) in [5.41, 5.74) is 1.36. The lowest BCUT2D eigenvalue weighted by Gasteiger charge is -2.24. The molecule has 0 bridgehead atoms. The van der Waals surface area contributed by atoms with Crippen molar-refractivity contribution in [3.8, 4) is 5.75 Å². The van der Waals surface area contributed by atoms with E-state index in [1.807, 2.05) is 6.07 Å². The quantitative estimate of drug-likeness (QED) is 0.740. The van der Waals surface area contributed by atoms with Crippen LogP contribution in [0.15, 0.2) is 24.3 Å². The number of ether oxygens (including phenoxy) is 1. The van der Waals surface area contributed by atoms with E-state index in [0.717, 1.165) is 23.7 Å². The van der Waals surface area contributed by atoms with Crippen LogP contribution in [0.4, 0.5) is 0 Å². The van der Waals surface area contributed by atoms with Gasteiger partial charge in [0.15, 0.2) is 0 Å². The monoisotopic (exact) mass is 311 g/mol. The van der Waals surface area contributed by atoms with E-state index in [1.54, 1.807) is 7.11 Å². The van der Waals surface area contributed by atoms with E-state index in [4.69, 9.17) is 4.74 Å². The van der Waals surface area contributed by atoms with Crippen molar-refractivity contribution < 1.29 is 4.74 Å². The van der Waals surface area contributed by atoms with E-state index >= 15 is 0 Å². The molecule has 0 amide bonds. The maximum atomic E-state index is 5.29. The predicted molar refractivity (Wildman–Crippen MR) is 79.5 cm³/mol. The lowest BCUT2D eigenvalue weighted by molar-refractivity contribution is 0.233. The molecule has 0 aromatic heterocycles. The van der Waals surface area contributed by atoms with Crippen LogP contribution in [-0.4, -0.2) is 29.9 Å². The molecular weight excluding hydrogens is 290 g/mol. The van der Waals surface area contributed by atoms with Crippen molar-refractivity contribution in [2.75, 3.05) is 19.0 Å². The number of halogens is 1. The van der Waals surface area contributed by atoms with Crippen LogP contribution < -0.4 is 4.74 Å². The molecule has 1 aliphatic rings. The Morgan fingerprint density at radius 3 is 3.11 bits per heavy atom. The van der Waals surface area contributed by atoms with Crippen LogP contribution in [0.2, 0.25) is 0 Å². The van der Waals surface area contributed by atoms with Crippen molar-refractivity contribution in [2.45, 2.75) is 38.3 Å². The zero-order valence-corrected chi connectivity index (χ0v) is 12.7. The van der Waals surface area contributed by atoms with Gasteiger partial charge in [-0.25, -0.2) is 0 Å². The van der Waals surface area contributed by atoms with Gasteiger partial charge < -0.3 is 4.74 Å². The van der Waals surface area contributed by atoms with E-state index in [1.165, 1.54) is 37.8 Å². The summed E-state index contributed by atoms with van der Waals surface area (Å²) in [7, 11) is 1.73. The first-order chi connectivity index (χ1) is 8.83. The number of benzene rings is 1. The van der Waals surface area contributed by atoms with Gasteiger partial charge in [0.1, 0.15) is 5.75 Å². The first-order valence-corrected chi connectivity index (χ1v) is 7.88. The Hall–Kier alpha value is -0.540. The normalized spacial score (nSPS) is 20.2. The van der Waals surface area contributed by atoms with Gasteiger partial charge in [-0.1, -0.05) is 28.1 Å². The van der Waals surface area contributed by atoms with E-state index in [9.17, 15) is 0 Å². The number of hydrogen-bond acceptors (Lipinski definition) is 2. The van der Waals surface area contributed by atoms with Crippen LogP contribution >= 0.6 is 15.9 Å². The second-order valence-electron chi connectivity index (χ2n) is 4.95. The molecule has 1 aliphatic heterocycles. The highest BCUT2D eigenvalue weighted by Crippen LogP contribution is 2.24. The minimum Gasteiger partial charge on any atom is -0.497 e. The van der Waals surface area contributed by atoms with Gasteiger partial charge in [0.2, 0.25) is 0 Å². The summed E-state index contributed by atoms with van der Waals surface area (Å²) in [5.74, 6) is 0.962. The first-order valence-electron chi connectivity index (χ1n) is 6.76. The fourth-order valence-corrected chi connectivity index (χ4v) is 3.07. The second kappa shape index (κ2) is 7.15. The highest BCUT2D eigenvalue weighted by Gasteiger charge is 2.23. The first kappa shape index (κ1) is 13.9. The van der Waals surface area contributed by atoms with Crippen LogP contribution in [0.5, 0.6) is 5.75 Å². The summed E-state index contributed by atoms with van der Waals surface area (Å²) in [5, 5.41) is 1.12. The molecule has 100 valence electrons. The van der Waals surface area contributed by atoms with E-state index in [-0.39, 0.29) is 0 Å². The zero-order chi connectivity index (χ0) is 12.8. The fourth-order valence-electron chi connectivity index (χ4n) is 2.75. The largest absolute Gasteiger partial charge is 0.497 e. The smallest absolute Gasteiger partial charge is 0.119 e. The van der Waals surface area contributed by atoms with Gasteiger partial charge >= 0.3 is 0 Å². The van der Waals surface area contributed by atoms with Crippen molar-refractivity contribution in [1.29, 1.82) is 0 Å². The SMILES string of the molecule is COc1cccc(CN2CCCC2CCCBr)c1. The van der Waals surface area contributed by atoms with Gasteiger partial charge in [0, 0.05) is 17.9 Å². The van der Waals surface area contributed by atoms with E-state index in [2.05, 4.69) is 39.0 Å². The molecule has 3 heteroatoms. The van der Waals surface area contributed by atoms with Crippen molar-refractivity contribution in [3.05, 3.63) is 29.8 Å².